The molecule has 1 amide bonds. The van der Waals surface area contributed by atoms with E-state index in [-0.39, 0.29) is 11.4 Å². The molecule has 1 spiro atoms. The summed E-state index contributed by atoms with van der Waals surface area (Å²) < 4.78 is 16.5. The summed E-state index contributed by atoms with van der Waals surface area (Å²) >= 11 is 0. The van der Waals surface area contributed by atoms with Gasteiger partial charge < -0.3 is 18.8 Å². The van der Waals surface area contributed by atoms with Gasteiger partial charge in [-0.25, -0.2) is 0 Å². The lowest BCUT2D eigenvalue weighted by Gasteiger charge is -2.43. The first-order chi connectivity index (χ1) is 9.12. The molecular formula is C14H19NO4. The Morgan fingerprint density at radius 1 is 1.26 bits per heavy atom. The molecule has 0 radical (unpaired) electrons. The summed E-state index contributed by atoms with van der Waals surface area (Å²) in [4.78, 5) is 14.7. The van der Waals surface area contributed by atoms with Gasteiger partial charge in [0.25, 0.3) is 5.91 Å². The predicted octanol–water partition coefficient (Wildman–Crippen LogP) is 1.53. The summed E-state index contributed by atoms with van der Waals surface area (Å²) in [5, 5.41) is 0. The number of hydrogen-bond donors (Lipinski definition) is 0. The Bertz CT molecular complexity index is 488. The van der Waals surface area contributed by atoms with Gasteiger partial charge in [0.2, 0.25) is 0 Å². The van der Waals surface area contributed by atoms with Crippen LogP contribution in [0, 0.1) is 13.8 Å². The molecule has 1 aromatic rings. The van der Waals surface area contributed by atoms with Crippen molar-refractivity contribution >= 4 is 5.91 Å². The lowest BCUT2D eigenvalue weighted by Crippen LogP contribution is -2.59. The van der Waals surface area contributed by atoms with Crippen LogP contribution in [-0.4, -0.2) is 49.3 Å². The van der Waals surface area contributed by atoms with Crippen molar-refractivity contribution in [2.75, 3.05) is 33.0 Å². The van der Waals surface area contributed by atoms with Gasteiger partial charge in [-0.3, -0.25) is 4.79 Å². The van der Waals surface area contributed by atoms with Crippen molar-refractivity contribution in [3.8, 4) is 0 Å². The zero-order chi connectivity index (χ0) is 13.5. The molecule has 104 valence electrons. The van der Waals surface area contributed by atoms with Crippen LogP contribution < -0.4 is 0 Å². The molecule has 0 aromatic carbocycles. The molecule has 5 heteroatoms. The zero-order valence-electron chi connectivity index (χ0n) is 11.4. The molecule has 3 heterocycles. The lowest BCUT2D eigenvalue weighted by molar-refractivity contribution is -0.0551. The van der Waals surface area contributed by atoms with Gasteiger partial charge >= 0.3 is 0 Å². The highest BCUT2D eigenvalue weighted by atomic mass is 16.5. The number of ether oxygens (including phenoxy) is 2. The van der Waals surface area contributed by atoms with Crippen molar-refractivity contribution < 1.29 is 18.7 Å². The fourth-order valence-corrected chi connectivity index (χ4v) is 2.96. The number of morpholine rings is 1. The second-order valence-electron chi connectivity index (χ2n) is 5.36. The molecular weight excluding hydrogens is 246 g/mol. The average molecular weight is 265 g/mol. The van der Waals surface area contributed by atoms with Gasteiger partial charge in [0.15, 0.2) is 0 Å². The number of carbonyl (C=O) groups is 1. The molecule has 0 bridgehead atoms. The quantitative estimate of drug-likeness (QED) is 0.772. The molecule has 5 nitrogen and oxygen atoms in total. The first-order valence-electron chi connectivity index (χ1n) is 6.67. The Morgan fingerprint density at radius 2 is 2.00 bits per heavy atom. The van der Waals surface area contributed by atoms with Gasteiger partial charge in [0, 0.05) is 13.2 Å². The Labute approximate surface area is 112 Å². The highest BCUT2D eigenvalue weighted by molar-refractivity contribution is 5.96. The van der Waals surface area contributed by atoms with E-state index in [4.69, 9.17) is 13.9 Å². The van der Waals surface area contributed by atoms with Crippen molar-refractivity contribution in [1.82, 2.24) is 4.90 Å². The highest BCUT2D eigenvalue weighted by Crippen LogP contribution is 2.31. The van der Waals surface area contributed by atoms with E-state index in [1.165, 1.54) is 0 Å². The van der Waals surface area contributed by atoms with Crippen LogP contribution in [0.2, 0.25) is 0 Å². The number of nitrogens with zero attached hydrogens (tertiary/aromatic N) is 1. The van der Waals surface area contributed by atoms with Crippen LogP contribution >= 0.6 is 0 Å². The second kappa shape index (κ2) is 4.65. The van der Waals surface area contributed by atoms with E-state index in [0.29, 0.717) is 44.3 Å². The third-order valence-electron chi connectivity index (χ3n) is 4.00. The van der Waals surface area contributed by atoms with Crippen LogP contribution in [0.25, 0.3) is 0 Å². The van der Waals surface area contributed by atoms with E-state index in [1.807, 2.05) is 24.8 Å². The predicted molar refractivity (Wildman–Crippen MR) is 68.2 cm³/mol. The van der Waals surface area contributed by atoms with E-state index < -0.39 is 0 Å². The minimum absolute atomic E-state index is 0.0307. The van der Waals surface area contributed by atoms with Crippen molar-refractivity contribution in [3.05, 3.63) is 23.2 Å². The third-order valence-corrected chi connectivity index (χ3v) is 4.00. The Kier molecular flexibility index (Phi) is 3.11. The summed E-state index contributed by atoms with van der Waals surface area (Å²) in [7, 11) is 0. The van der Waals surface area contributed by atoms with Crippen LogP contribution in [0.3, 0.4) is 0 Å². The van der Waals surface area contributed by atoms with Crippen molar-refractivity contribution in [2.24, 2.45) is 0 Å². The first kappa shape index (κ1) is 12.7. The number of rotatable bonds is 1. The fourth-order valence-electron chi connectivity index (χ4n) is 2.96. The molecule has 1 atom stereocenters. The van der Waals surface area contributed by atoms with Crippen molar-refractivity contribution in [2.45, 2.75) is 25.8 Å². The Balaban J connectivity index is 1.91. The topological polar surface area (TPSA) is 51.9 Å². The summed E-state index contributed by atoms with van der Waals surface area (Å²) in [5.41, 5.74) is 0.373. The van der Waals surface area contributed by atoms with Gasteiger partial charge in [0.05, 0.1) is 30.9 Å². The Morgan fingerprint density at radius 3 is 2.63 bits per heavy atom. The van der Waals surface area contributed by atoms with Crippen LogP contribution in [0.4, 0.5) is 0 Å². The lowest BCUT2D eigenvalue weighted by atomic mass is 9.95. The zero-order valence-corrected chi connectivity index (χ0v) is 11.4. The summed E-state index contributed by atoms with van der Waals surface area (Å²) in [5.74, 6) is 1.48. The van der Waals surface area contributed by atoms with E-state index in [1.54, 1.807) is 0 Å². The minimum Gasteiger partial charge on any atom is -0.466 e. The normalized spacial score (nSPS) is 27.2. The van der Waals surface area contributed by atoms with Gasteiger partial charge in [0.1, 0.15) is 11.5 Å². The molecule has 0 aliphatic carbocycles. The van der Waals surface area contributed by atoms with Gasteiger partial charge in [-0.2, -0.15) is 0 Å². The smallest absolute Gasteiger partial charge is 0.258 e. The van der Waals surface area contributed by atoms with E-state index in [2.05, 4.69) is 0 Å². The maximum absolute atomic E-state index is 12.7. The maximum Gasteiger partial charge on any atom is 0.258 e. The van der Waals surface area contributed by atoms with Crippen LogP contribution in [0.1, 0.15) is 28.3 Å². The number of carbonyl (C=O) groups excluding carboxylic acids is 1. The van der Waals surface area contributed by atoms with E-state index in [0.717, 1.165) is 12.2 Å². The third kappa shape index (κ3) is 2.07. The molecule has 0 N–H and O–H groups in total. The number of furan rings is 1. The highest BCUT2D eigenvalue weighted by Gasteiger charge is 2.46. The number of hydrogen-bond acceptors (Lipinski definition) is 4. The molecule has 2 saturated heterocycles. The second-order valence-corrected chi connectivity index (χ2v) is 5.36. The van der Waals surface area contributed by atoms with Crippen LogP contribution in [0.15, 0.2) is 10.5 Å². The SMILES string of the molecule is Cc1cc(C(=O)N2CCOCC23CCOC3)c(C)o1. The number of amides is 1. The van der Waals surface area contributed by atoms with Crippen molar-refractivity contribution in [1.29, 1.82) is 0 Å². The Hall–Kier alpha value is -1.33. The molecule has 1 unspecified atom stereocenters. The fraction of sp³-hybridized carbons (Fsp3) is 0.643. The molecule has 2 aliphatic rings. The molecule has 0 saturated carbocycles. The molecule has 19 heavy (non-hydrogen) atoms. The van der Waals surface area contributed by atoms with E-state index in [9.17, 15) is 4.79 Å². The minimum atomic E-state index is -0.285. The van der Waals surface area contributed by atoms with Gasteiger partial charge in [-0.15, -0.1) is 0 Å². The molecule has 2 aliphatic heterocycles. The standard InChI is InChI=1S/C14H19NO4/c1-10-7-12(11(2)19-10)13(16)15-4-6-18-9-14(15)3-5-17-8-14/h7H,3-6,8-9H2,1-2H3. The van der Waals surface area contributed by atoms with Crippen molar-refractivity contribution in [3.63, 3.8) is 0 Å². The van der Waals surface area contributed by atoms with Crippen LogP contribution in [-0.2, 0) is 9.47 Å². The average Bonchev–Trinajstić information content (AvgIpc) is 2.97. The summed E-state index contributed by atoms with van der Waals surface area (Å²) in [6, 6.07) is 1.82. The maximum atomic E-state index is 12.7. The van der Waals surface area contributed by atoms with Gasteiger partial charge in [-0.1, -0.05) is 0 Å². The molecule has 3 rings (SSSR count). The van der Waals surface area contributed by atoms with Crippen LogP contribution in [0.5, 0.6) is 0 Å². The van der Waals surface area contributed by atoms with Gasteiger partial charge in [-0.05, 0) is 26.3 Å². The summed E-state index contributed by atoms with van der Waals surface area (Å²) in [6.45, 7) is 6.71. The molecule has 1 aromatic heterocycles. The monoisotopic (exact) mass is 265 g/mol. The largest absolute Gasteiger partial charge is 0.466 e. The molecule has 2 fully saturated rings. The first-order valence-corrected chi connectivity index (χ1v) is 6.67. The summed E-state index contributed by atoms with van der Waals surface area (Å²) in [6.07, 6.45) is 0.842. The van der Waals surface area contributed by atoms with E-state index >= 15 is 0 Å². The number of aryl methyl sites for hydroxylation is 2.